The molecule has 1 aliphatic carbocycles. The third kappa shape index (κ3) is 4.14. The van der Waals surface area contributed by atoms with Crippen molar-refractivity contribution in [3.63, 3.8) is 0 Å². The van der Waals surface area contributed by atoms with Gasteiger partial charge in [-0.3, -0.25) is 19.7 Å². The molecule has 0 saturated heterocycles. The van der Waals surface area contributed by atoms with E-state index in [2.05, 4.69) is 32.3 Å². The van der Waals surface area contributed by atoms with E-state index < -0.39 is 0 Å². The highest BCUT2D eigenvalue weighted by molar-refractivity contribution is 5.56. The Hall–Kier alpha value is -2.93. The van der Waals surface area contributed by atoms with Crippen molar-refractivity contribution in [2.45, 2.75) is 50.7 Å². The first kappa shape index (κ1) is 18.4. The van der Waals surface area contributed by atoms with E-state index in [0.717, 1.165) is 42.6 Å². The van der Waals surface area contributed by atoms with E-state index in [-0.39, 0.29) is 17.6 Å². The monoisotopic (exact) mass is 376 g/mol. The summed E-state index contributed by atoms with van der Waals surface area (Å²) in [6, 6.07) is 7.91. The van der Waals surface area contributed by atoms with Gasteiger partial charge < -0.3 is 5.32 Å². The molecule has 144 valence electrons. The Bertz CT molecular complexity index is 951. The molecule has 0 radical (unpaired) electrons. The molecular weight excluding hydrogens is 352 g/mol. The van der Waals surface area contributed by atoms with E-state index >= 15 is 0 Å². The average molecular weight is 376 g/mol. The van der Waals surface area contributed by atoms with Crippen LogP contribution in [-0.2, 0) is 0 Å². The molecule has 1 atom stereocenters. The lowest BCUT2D eigenvalue weighted by Crippen LogP contribution is -2.38. The van der Waals surface area contributed by atoms with E-state index in [9.17, 15) is 4.79 Å². The number of hydrogen-bond donors (Lipinski definition) is 1. The Morgan fingerprint density at radius 1 is 1.04 bits per heavy atom. The number of pyridine rings is 1. The zero-order valence-corrected chi connectivity index (χ0v) is 15.9. The van der Waals surface area contributed by atoms with Gasteiger partial charge in [0.2, 0.25) is 0 Å². The minimum Gasteiger partial charge on any atom is -0.306 e. The van der Waals surface area contributed by atoms with Crippen molar-refractivity contribution in [1.29, 1.82) is 0 Å². The van der Waals surface area contributed by atoms with Crippen LogP contribution in [0.25, 0.3) is 11.3 Å². The highest BCUT2D eigenvalue weighted by atomic mass is 16.1. The normalized spacial score (nSPS) is 20.6. The first-order chi connectivity index (χ1) is 13.7. The lowest BCUT2D eigenvalue weighted by atomic mass is 9.90. The molecule has 7 nitrogen and oxygen atoms in total. The summed E-state index contributed by atoms with van der Waals surface area (Å²) in [7, 11) is 0. The summed E-state index contributed by atoms with van der Waals surface area (Å²) in [6.07, 6.45) is 12.6. The molecule has 1 saturated carbocycles. The molecule has 0 spiro atoms. The van der Waals surface area contributed by atoms with Gasteiger partial charge in [0.05, 0.1) is 17.4 Å². The van der Waals surface area contributed by atoms with E-state index in [4.69, 9.17) is 0 Å². The van der Waals surface area contributed by atoms with Gasteiger partial charge in [0.15, 0.2) is 0 Å². The largest absolute Gasteiger partial charge is 0.306 e. The van der Waals surface area contributed by atoms with E-state index in [0.29, 0.717) is 6.04 Å². The lowest BCUT2D eigenvalue weighted by molar-refractivity contribution is 0.258. The summed E-state index contributed by atoms with van der Waals surface area (Å²) in [4.78, 5) is 25.1. The third-order valence-corrected chi connectivity index (χ3v) is 5.34. The molecule has 4 rings (SSSR count). The minimum atomic E-state index is -0.0445. The molecule has 1 fully saturated rings. The summed E-state index contributed by atoms with van der Waals surface area (Å²) in [5.41, 5.74) is 2.61. The number of nitrogens with zero attached hydrogens (tertiary/aromatic N) is 5. The highest BCUT2D eigenvalue weighted by Gasteiger charge is 2.25. The van der Waals surface area contributed by atoms with Crippen LogP contribution in [-0.4, -0.2) is 30.8 Å². The predicted octanol–water partition coefficient (Wildman–Crippen LogP) is 2.93. The van der Waals surface area contributed by atoms with Crippen LogP contribution in [0.2, 0.25) is 0 Å². The second-order valence-corrected chi connectivity index (χ2v) is 7.27. The van der Waals surface area contributed by atoms with Crippen LogP contribution in [0, 0.1) is 0 Å². The molecule has 0 aromatic carbocycles. The standard InChI is InChI=1S/C21H24N6O/c1-15(20-14-23-11-12-24-20)25-17-4-6-18(7-5-17)27-21(28)9-8-19(26-27)16-3-2-10-22-13-16/h2-3,8-15,17-18,25H,4-7H2,1H3. The van der Waals surface area contributed by atoms with Crippen molar-refractivity contribution in [2.24, 2.45) is 0 Å². The molecule has 7 heteroatoms. The van der Waals surface area contributed by atoms with E-state index in [1.165, 1.54) is 0 Å². The van der Waals surface area contributed by atoms with Crippen molar-refractivity contribution >= 4 is 0 Å². The van der Waals surface area contributed by atoms with Gasteiger partial charge in [-0.2, -0.15) is 5.10 Å². The molecule has 3 aromatic heterocycles. The molecule has 1 N–H and O–H groups in total. The SMILES string of the molecule is CC(NC1CCC(n2nc(-c3cccnc3)ccc2=O)CC1)c1cnccn1. The van der Waals surface area contributed by atoms with Crippen molar-refractivity contribution < 1.29 is 0 Å². The smallest absolute Gasteiger partial charge is 0.267 e. The van der Waals surface area contributed by atoms with E-state index in [1.807, 2.05) is 12.1 Å². The quantitative estimate of drug-likeness (QED) is 0.737. The second kappa shape index (κ2) is 8.39. The number of aromatic nitrogens is 5. The van der Waals surface area contributed by atoms with Gasteiger partial charge in [0, 0.05) is 54.7 Å². The van der Waals surface area contributed by atoms with Gasteiger partial charge in [-0.05, 0) is 50.8 Å². The molecule has 0 bridgehead atoms. The fourth-order valence-electron chi connectivity index (χ4n) is 3.82. The van der Waals surface area contributed by atoms with Crippen molar-refractivity contribution in [3.8, 4) is 11.3 Å². The Labute approximate surface area is 163 Å². The fraction of sp³-hybridized carbons (Fsp3) is 0.381. The Balaban J connectivity index is 1.42. The number of rotatable bonds is 5. The molecular formula is C21H24N6O. The molecule has 28 heavy (non-hydrogen) atoms. The zero-order chi connectivity index (χ0) is 19.3. The molecule has 1 aliphatic rings. The van der Waals surface area contributed by atoms with Gasteiger partial charge >= 0.3 is 0 Å². The minimum absolute atomic E-state index is 0.0445. The van der Waals surface area contributed by atoms with Crippen LogP contribution in [0.15, 0.2) is 60.0 Å². The Morgan fingerprint density at radius 3 is 2.57 bits per heavy atom. The highest BCUT2D eigenvalue weighted by Crippen LogP contribution is 2.28. The lowest BCUT2D eigenvalue weighted by Gasteiger charge is -2.31. The van der Waals surface area contributed by atoms with Gasteiger partial charge in [-0.1, -0.05) is 0 Å². The van der Waals surface area contributed by atoms with Crippen LogP contribution < -0.4 is 10.9 Å². The summed E-state index contributed by atoms with van der Waals surface area (Å²) >= 11 is 0. The van der Waals surface area contributed by atoms with Crippen LogP contribution in [0.3, 0.4) is 0 Å². The molecule has 1 unspecified atom stereocenters. The topological polar surface area (TPSA) is 85.6 Å². The first-order valence-corrected chi connectivity index (χ1v) is 9.73. The van der Waals surface area contributed by atoms with Crippen molar-refractivity contribution in [2.75, 3.05) is 0 Å². The molecule has 0 aliphatic heterocycles. The Morgan fingerprint density at radius 2 is 1.86 bits per heavy atom. The first-order valence-electron chi connectivity index (χ1n) is 9.73. The zero-order valence-electron chi connectivity index (χ0n) is 15.9. The maximum absolute atomic E-state index is 12.4. The van der Waals surface area contributed by atoms with Crippen LogP contribution >= 0.6 is 0 Å². The van der Waals surface area contributed by atoms with Gasteiger partial charge in [0.1, 0.15) is 0 Å². The third-order valence-electron chi connectivity index (χ3n) is 5.34. The van der Waals surface area contributed by atoms with Crippen LogP contribution in [0.1, 0.15) is 50.4 Å². The number of nitrogens with one attached hydrogen (secondary N) is 1. The Kier molecular flexibility index (Phi) is 5.53. The summed E-state index contributed by atoms with van der Waals surface area (Å²) in [5.74, 6) is 0. The van der Waals surface area contributed by atoms with Crippen LogP contribution in [0.4, 0.5) is 0 Å². The predicted molar refractivity (Wildman–Crippen MR) is 107 cm³/mol. The van der Waals surface area contributed by atoms with Crippen molar-refractivity contribution in [1.82, 2.24) is 30.0 Å². The van der Waals surface area contributed by atoms with Crippen LogP contribution in [0.5, 0.6) is 0 Å². The fourth-order valence-corrected chi connectivity index (χ4v) is 3.82. The summed E-state index contributed by atoms with van der Waals surface area (Å²) in [6.45, 7) is 2.11. The molecule has 3 aromatic rings. The van der Waals surface area contributed by atoms with Gasteiger partial charge in [0.25, 0.3) is 5.56 Å². The average Bonchev–Trinajstić information content (AvgIpc) is 2.76. The molecule has 0 amide bonds. The summed E-state index contributed by atoms with van der Waals surface area (Å²) < 4.78 is 1.66. The molecule has 3 heterocycles. The maximum Gasteiger partial charge on any atom is 0.267 e. The second-order valence-electron chi connectivity index (χ2n) is 7.27. The summed E-state index contributed by atoms with van der Waals surface area (Å²) in [5, 5.41) is 8.27. The van der Waals surface area contributed by atoms with Gasteiger partial charge in [-0.15, -0.1) is 0 Å². The maximum atomic E-state index is 12.4. The number of hydrogen-bond acceptors (Lipinski definition) is 6. The van der Waals surface area contributed by atoms with Crippen molar-refractivity contribution in [3.05, 3.63) is 71.3 Å². The van der Waals surface area contributed by atoms with Gasteiger partial charge in [-0.25, -0.2) is 4.68 Å². The van der Waals surface area contributed by atoms with E-state index in [1.54, 1.807) is 47.8 Å².